The molecule has 1 saturated heterocycles. The number of ether oxygens (including phenoxy) is 2. The zero-order valence-electron chi connectivity index (χ0n) is 21.0. The van der Waals surface area contributed by atoms with E-state index in [4.69, 9.17) is 9.47 Å². The second kappa shape index (κ2) is 21.4. The first-order valence-corrected chi connectivity index (χ1v) is 14.8. The molecule has 0 aliphatic carbocycles. The average Bonchev–Trinajstić information content (AvgIpc) is 2.82. The predicted octanol–water partition coefficient (Wildman–Crippen LogP) is 4.80. The van der Waals surface area contributed by atoms with Crippen LogP contribution in [0.5, 0.6) is 0 Å². The molecule has 7 heteroatoms. The number of hydrogen-bond acceptors (Lipinski definition) is 7. The van der Waals surface area contributed by atoms with Crippen LogP contribution in [0.4, 0.5) is 0 Å². The summed E-state index contributed by atoms with van der Waals surface area (Å²) < 4.78 is 10.8. The number of aliphatic hydroxyl groups is 4. The molecule has 0 aromatic carbocycles. The third kappa shape index (κ3) is 15.0. The summed E-state index contributed by atoms with van der Waals surface area (Å²) in [6.07, 6.45) is 16.1. The standard InChI is InChI=1S/C26H52O6S/c1-2-3-4-5-6-7-8-9-10-11-12-13-14-15-16-17-19-33-20-18-31-26-25(30)24(29)23(28)22(21-27)32-26/h22-30H,2-21H2,1H3/t22-,23+,24+,25-,26+/m1/s1. The van der Waals surface area contributed by atoms with Crippen LogP contribution in [0, 0.1) is 0 Å². The molecule has 1 fully saturated rings. The van der Waals surface area contributed by atoms with Crippen LogP contribution in [0.25, 0.3) is 0 Å². The molecule has 5 atom stereocenters. The molecule has 0 radical (unpaired) electrons. The van der Waals surface area contributed by atoms with Crippen molar-refractivity contribution in [2.24, 2.45) is 0 Å². The fourth-order valence-electron chi connectivity index (χ4n) is 4.28. The molecule has 6 nitrogen and oxygen atoms in total. The lowest BCUT2D eigenvalue weighted by Gasteiger charge is -2.39. The summed E-state index contributed by atoms with van der Waals surface area (Å²) >= 11 is 1.81. The van der Waals surface area contributed by atoms with Gasteiger partial charge in [-0.25, -0.2) is 0 Å². The Hall–Kier alpha value is 0.110. The van der Waals surface area contributed by atoms with Crippen LogP contribution < -0.4 is 0 Å². The molecule has 0 bridgehead atoms. The topological polar surface area (TPSA) is 99.4 Å². The largest absolute Gasteiger partial charge is 0.394 e. The van der Waals surface area contributed by atoms with E-state index in [0.29, 0.717) is 6.61 Å². The van der Waals surface area contributed by atoms with Gasteiger partial charge in [-0.05, 0) is 12.2 Å². The Balaban J connectivity index is 1.80. The monoisotopic (exact) mass is 492 g/mol. The van der Waals surface area contributed by atoms with Gasteiger partial charge in [-0.1, -0.05) is 103 Å². The fourth-order valence-corrected chi connectivity index (χ4v) is 5.11. The summed E-state index contributed by atoms with van der Waals surface area (Å²) in [6, 6.07) is 0. The lowest BCUT2D eigenvalue weighted by Crippen LogP contribution is -2.59. The first-order chi connectivity index (χ1) is 16.1. The van der Waals surface area contributed by atoms with Gasteiger partial charge in [0, 0.05) is 5.75 Å². The molecule has 0 aromatic heterocycles. The van der Waals surface area contributed by atoms with E-state index in [2.05, 4.69) is 6.92 Å². The van der Waals surface area contributed by atoms with Gasteiger partial charge in [0.1, 0.15) is 24.4 Å². The van der Waals surface area contributed by atoms with Crippen molar-refractivity contribution in [1.29, 1.82) is 0 Å². The van der Waals surface area contributed by atoms with E-state index in [-0.39, 0.29) is 0 Å². The summed E-state index contributed by atoms with van der Waals surface area (Å²) in [5.41, 5.74) is 0. The number of thioether (sulfide) groups is 1. The molecule has 0 aromatic rings. The van der Waals surface area contributed by atoms with E-state index in [9.17, 15) is 20.4 Å². The molecule has 1 rings (SSSR count). The first kappa shape index (κ1) is 31.1. The summed E-state index contributed by atoms with van der Waals surface area (Å²) in [5.74, 6) is 1.88. The Morgan fingerprint density at radius 1 is 0.636 bits per heavy atom. The lowest BCUT2D eigenvalue weighted by molar-refractivity contribution is -0.299. The van der Waals surface area contributed by atoms with Gasteiger partial charge in [0.05, 0.1) is 13.2 Å². The maximum atomic E-state index is 9.93. The van der Waals surface area contributed by atoms with Crippen LogP contribution in [0.2, 0.25) is 0 Å². The van der Waals surface area contributed by atoms with Crippen LogP contribution in [0.15, 0.2) is 0 Å². The average molecular weight is 493 g/mol. The molecular formula is C26H52O6S. The quantitative estimate of drug-likeness (QED) is 0.161. The van der Waals surface area contributed by atoms with Crippen molar-refractivity contribution in [3.8, 4) is 0 Å². The molecule has 0 spiro atoms. The Labute approximate surface area is 206 Å². The normalized spacial score (nSPS) is 25.5. The Morgan fingerprint density at radius 3 is 1.61 bits per heavy atom. The van der Waals surface area contributed by atoms with Gasteiger partial charge in [0.15, 0.2) is 6.29 Å². The van der Waals surface area contributed by atoms with Crippen LogP contribution in [-0.4, -0.2) is 75.9 Å². The fraction of sp³-hybridized carbons (Fsp3) is 1.00. The zero-order chi connectivity index (χ0) is 24.2. The van der Waals surface area contributed by atoms with Crippen LogP contribution >= 0.6 is 11.8 Å². The lowest BCUT2D eigenvalue weighted by atomic mass is 9.99. The van der Waals surface area contributed by atoms with Crippen molar-refractivity contribution < 1.29 is 29.9 Å². The molecule has 1 aliphatic heterocycles. The highest BCUT2D eigenvalue weighted by molar-refractivity contribution is 7.99. The highest BCUT2D eigenvalue weighted by Gasteiger charge is 2.43. The molecule has 198 valence electrons. The molecule has 0 amide bonds. The maximum Gasteiger partial charge on any atom is 0.186 e. The molecule has 1 heterocycles. The van der Waals surface area contributed by atoms with Gasteiger partial charge in [-0.3, -0.25) is 0 Å². The van der Waals surface area contributed by atoms with Gasteiger partial charge in [-0.2, -0.15) is 11.8 Å². The Morgan fingerprint density at radius 2 is 1.12 bits per heavy atom. The molecule has 1 aliphatic rings. The van der Waals surface area contributed by atoms with Crippen molar-refractivity contribution in [3.63, 3.8) is 0 Å². The van der Waals surface area contributed by atoms with Crippen LogP contribution in [-0.2, 0) is 9.47 Å². The Bertz CT molecular complexity index is 426. The van der Waals surface area contributed by atoms with Crippen molar-refractivity contribution in [1.82, 2.24) is 0 Å². The predicted molar refractivity (Wildman–Crippen MR) is 137 cm³/mol. The van der Waals surface area contributed by atoms with Crippen molar-refractivity contribution >= 4 is 11.8 Å². The minimum Gasteiger partial charge on any atom is -0.394 e. The summed E-state index contributed by atoms with van der Waals surface area (Å²) in [4.78, 5) is 0. The van der Waals surface area contributed by atoms with E-state index in [1.165, 1.54) is 103 Å². The highest BCUT2D eigenvalue weighted by atomic mass is 32.2. The van der Waals surface area contributed by atoms with E-state index in [1.807, 2.05) is 11.8 Å². The van der Waals surface area contributed by atoms with Crippen LogP contribution in [0.3, 0.4) is 0 Å². The maximum absolute atomic E-state index is 9.93. The van der Waals surface area contributed by atoms with E-state index >= 15 is 0 Å². The van der Waals surface area contributed by atoms with E-state index < -0.39 is 37.3 Å². The molecular weight excluding hydrogens is 440 g/mol. The molecule has 4 N–H and O–H groups in total. The van der Waals surface area contributed by atoms with Gasteiger partial charge >= 0.3 is 0 Å². The van der Waals surface area contributed by atoms with E-state index in [0.717, 1.165) is 11.5 Å². The summed E-state index contributed by atoms with van der Waals surface area (Å²) in [7, 11) is 0. The van der Waals surface area contributed by atoms with Crippen molar-refractivity contribution in [2.75, 3.05) is 24.7 Å². The SMILES string of the molecule is CCCCCCCCCCCCCCCCCCSCCO[C@H]1O[C@H](CO)[C@H](O)[C@H](O)[C@H]1O. The minimum atomic E-state index is -1.38. The number of unbranched alkanes of at least 4 members (excludes halogenated alkanes) is 15. The highest BCUT2D eigenvalue weighted by Crippen LogP contribution is 2.22. The zero-order valence-corrected chi connectivity index (χ0v) is 21.9. The Kier molecular flexibility index (Phi) is 20.2. The van der Waals surface area contributed by atoms with E-state index in [1.54, 1.807) is 0 Å². The third-order valence-electron chi connectivity index (χ3n) is 6.50. The van der Waals surface area contributed by atoms with Crippen molar-refractivity contribution in [2.45, 2.75) is 140 Å². The molecule has 0 unspecified atom stereocenters. The summed E-state index contributed by atoms with van der Waals surface area (Å²) in [6.45, 7) is 2.24. The number of aliphatic hydroxyl groups excluding tert-OH is 4. The number of rotatable bonds is 22. The van der Waals surface area contributed by atoms with Crippen molar-refractivity contribution in [3.05, 3.63) is 0 Å². The second-order valence-corrected chi connectivity index (χ2v) is 10.7. The van der Waals surface area contributed by atoms with Gasteiger partial charge in [-0.15, -0.1) is 0 Å². The number of hydrogen-bond donors (Lipinski definition) is 4. The van der Waals surface area contributed by atoms with Crippen LogP contribution in [0.1, 0.15) is 110 Å². The minimum absolute atomic E-state index is 0.395. The smallest absolute Gasteiger partial charge is 0.186 e. The second-order valence-electron chi connectivity index (χ2n) is 9.48. The third-order valence-corrected chi connectivity index (χ3v) is 7.53. The van der Waals surface area contributed by atoms with Gasteiger partial charge in [0.2, 0.25) is 0 Å². The van der Waals surface area contributed by atoms with Gasteiger partial charge in [0.25, 0.3) is 0 Å². The van der Waals surface area contributed by atoms with Gasteiger partial charge < -0.3 is 29.9 Å². The molecule has 33 heavy (non-hydrogen) atoms. The summed E-state index contributed by atoms with van der Waals surface area (Å²) in [5, 5.41) is 38.6. The molecule has 0 saturated carbocycles. The first-order valence-electron chi connectivity index (χ1n) is 13.6.